The topological polar surface area (TPSA) is 29.5 Å². The second-order valence-corrected chi connectivity index (χ2v) is 4.29. The summed E-state index contributed by atoms with van der Waals surface area (Å²) >= 11 is 0. The van der Waals surface area contributed by atoms with Gasteiger partial charge in [-0.05, 0) is 36.7 Å². The van der Waals surface area contributed by atoms with Gasteiger partial charge in [-0.2, -0.15) is 0 Å². The van der Waals surface area contributed by atoms with Crippen molar-refractivity contribution < 1.29 is 9.53 Å². The van der Waals surface area contributed by atoms with Gasteiger partial charge in [0.1, 0.15) is 0 Å². The Morgan fingerprint density at radius 3 is 2.94 bits per heavy atom. The highest BCUT2D eigenvalue weighted by atomic mass is 16.5. The van der Waals surface area contributed by atoms with E-state index in [1.54, 1.807) is 13.0 Å². The number of fused-ring (bicyclic) bond motifs is 1. The second kappa shape index (κ2) is 5.15. The number of carbonyl (C=O) groups excluding carboxylic acids is 1. The van der Waals surface area contributed by atoms with Crippen molar-refractivity contribution in [1.29, 1.82) is 0 Å². The molecular weight excluding hydrogens is 214 g/mol. The van der Waals surface area contributed by atoms with Gasteiger partial charge in [-0.25, -0.2) is 4.79 Å². The average Bonchev–Trinajstić information content (AvgIpc) is 2.66. The van der Waals surface area contributed by atoms with Gasteiger partial charge in [-0.3, -0.25) is 4.90 Å². The van der Waals surface area contributed by atoms with Crippen LogP contribution in [0.3, 0.4) is 0 Å². The van der Waals surface area contributed by atoms with Crippen LogP contribution in [0.25, 0.3) is 6.08 Å². The van der Waals surface area contributed by atoms with E-state index in [0.29, 0.717) is 6.61 Å². The monoisotopic (exact) mass is 231 g/mol. The number of esters is 1. The fourth-order valence-electron chi connectivity index (χ4n) is 2.04. The molecule has 1 aromatic rings. The summed E-state index contributed by atoms with van der Waals surface area (Å²) in [5.41, 5.74) is 3.77. The quantitative estimate of drug-likeness (QED) is 0.590. The minimum atomic E-state index is -0.287. The van der Waals surface area contributed by atoms with Gasteiger partial charge in [-0.15, -0.1) is 0 Å². The number of hydrogen-bond donors (Lipinski definition) is 0. The van der Waals surface area contributed by atoms with Crippen molar-refractivity contribution in [3.8, 4) is 0 Å². The number of benzene rings is 1. The molecule has 0 radical (unpaired) electrons. The van der Waals surface area contributed by atoms with Gasteiger partial charge in [0.05, 0.1) is 6.61 Å². The van der Waals surface area contributed by atoms with Gasteiger partial charge in [-0.1, -0.05) is 18.2 Å². The molecule has 0 atom stereocenters. The molecule has 0 N–H and O–H groups in total. The first kappa shape index (κ1) is 11.9. The van der Waals surface area contributed by atoms with Crippen LogP contribution in [0, 0.1) is 0 Å². The summed E-state index contributed by atoms with van der Waals surface area (Å²) in [6, 6.07) is 6.30. The van der Waals surface area contributed by atoms with Gasteiger partial charge < -0.3 is 4.74 Å². The number of carbonyl (C=O) groups is 1. The normalized spacial score (nSPS) is 15.2. The molecular formula is C14H17NO2. The Morgan fingerprint density at radius 1 is 1.41 bits per heavy atom. The third-order valence-corrected chi connectivity index (χ3v) is 2.81. The third kappa shape index (κ3) is 2.94. The highest BCUT2D eigenvalue weighted by molar-refractivity contribution is 5.87. The van der Waals surface area contributed by atoms with Crippen LogP contribution in [0.15, 0.2) is 24.3 Å². The van der Waals surface area contributed by atoms with Crippen LogP contribution >= 0.6 is 0 Å². The molecule has 1 heterocycles. The Labute approximate surface area is 102 Å². The maximum absolute atomic E-state index is 11.2. The Kier molecular flexibility index (Phi) is 3.59. The lowest BCUT2D eigenvalue weighted by Gasteiger charge is -2.02. The molecule has 90 valence electrons. The molecule has 0 bridgehead atoms. The van der Waals surface area contributed by atoms with E-state index in [0.717, 1.165) is 18.7 Å². The maximum Gasteiger partial charge on any atom is 0.330 e. The number of rotatable bonds is 3. The van der Waals surface area contributed by atoms with Crippen LogP contribution in [0.1, 0.15) is 23.6 Å². The van der Waals surface area contributed by atoms with Crippen molar-refractivity contribution in [2.24, 2.45) is 0 Å². The zero-order valence-electron chi connectivity index (χ0n) is 10.3. The van der Waals surface area contributed by atoms with Gasteiger partial charge in [0, 0.05) is 19.2 Å². The Bertz CT molecular complexity index is 452. The molecule has 1 aliphatic rings. The van der Waals surface area contributed by atoms with E-state index in [-0.39, 0.29) is 5.97 Å². The van der Waals surface area contributed by atoms with Crippen molar-refractivity contribution in [2.45, 2.75) is 20.0 Å². The Hall–Kier alpha value is -1.61. The van der Waals surface area contributed by atoms with Crippen LogP contribution in [0.4, 0.5) is 0 Å². The van der Waals surface area contributed by atoms with Crippen molar-refractivity contribution in [1.82, 2.24) is 4.90 Å². The molecule has 1 aromatic carbocycles. The highest BCUT2D eigenvalue weighted by Crippen LogP contribution is 2.22. The minimum absolute atomic E-state index is 0.287. The lowest BCUT2D eigenvalue weighted by molar-refractivity contribution is -0.137. The summed E-state index contributed by atoms with van der Waals surface area (Å²) in [7, 11) is 2.11. The molecule has 3 heteroatoms. The SMILES string of the molecule is CCOC(=O)C=Cc1ccc2c(c1)CN(C)C2. The first-order valence-electron chi connectivity index (χ1n) is 5.84. The fraction of sp³-hybridized carbons (Fsp3) is 0.357. The predicted octanol–water partition coefficient (Wildman–Crippen LogP) is 2.21. The molecule has 0 saturated carbocycles. The first-order valence-corrected chi connectivity index (χ1v) is 5.84. The van der Waals surface area contributed by atoms with E-state index in [1.165, 1.54) is 17.2 Å². The lowest BCUT2D eigenvalue weighted by Crippen LogP contribution is -2.07. The largest absolute Gasteiger partial charge is 0.463 e. The number of nitrogens with zero attached hydrogens (tertiary/aromatic N) is 1. The predicted molar refractivity (Wildman–Crippen MR) is 67.3 cm³/mol. The molecule has 1 aliphatic heterocycles. The van der Waals surface area contributed by atoms with E-state index in [2.05, 4.69) is 24.1 Å². The van der Waals surface area contributed by atoms with Gasteiger partial charge in [0.25, 0.3) is 0 Å². The Morgan fingerprint density at radius 2 is 2.18 bits per heavy atom. The molecule has 0 aliphatic carbocycles. The molecule has 3 nitrogen and oxygen atoms in total. The van der Waals surface area contributed by atoms with Crippen LogP contribution in [-0.4, -0.2) is 24.5 Å². The zero-order valence-corrected chi connectivity index (χ0v) is 10.3. The second-order valence-electron chi connectivity index (χ2n) is 4.29. The van der Waals surface area contributed by atoms with Crippen molar-refractivity contribution in [3.63, 3.8) is 0 Å². The van der Waals surface area contributed by atoms with Crippen LogP contribution < -0.4 is 0 Å². The highest BCUT2D eigenvalue weighted by Gasteiger charge is 2.14. The van der Waals surface area contributed by atoms with E-state index < -0.39 is 0 Å². The molecule has 2 rings (SSSR count). The molecule has 0 spiro atoms. The van der Waals surface area contributed by atoms with Gasteiger partial charge in [0.15, 0.2) is 0 Å². The van der Waals surface area contributed by atoms with Gasteiger partial charge in [0.2, 0.25) is 0 Å². The third-order valence-electron chi connectivity index (χ3n) is 2.81. The lowest BCUT2D eigenvalue weighted by atomic mass is 10.1. The van der Waals surface area contributed by atoms with Crippen molar-refractivity contribution >= 4 is 12.0 Å². The van der Waals surface area contributed by atoms with E-state index in [9.17, 15) is 4.79 Å². The average molecular weight is 231 g/mol. The summed E-state index contributed by atoms with van der Waals surface area (Å²) in [6.07, 6.45) is 3.28. The maximum atomic E-state index is 11.2. The first-order chi connectivity index (χ1) is 8.19. The summed E-state index contributed by atoms with van der Waals surface area (Å²) < 4.78 is 4.84. The number of hydrogen-bond acceptors (Lipinski definition) is 3. The van der Waals surface area contributed by atoms with Crippen LogP contribution in [0.5, 0.6) is 0 Å². The van der Waals surface area contributed by atoms with E-state index in [1.807, 2.05) is 6.07 Å². The minimum Gasteiger partial charge on any atom is -0.463 e. The van der Waals surface area contributed by atoms with E-state index >= 15 is 0 Å². The molecule has 0 amide bonds. The summed E-state index contributed by atoms with van der Waals surface area (Å²) in [5, 5.41) is 0. The smallest absolute Gasteiger partial charge is 0.330 e. The molecule has 0 fully saturated rings. The summed E-state index contributed by atoms with van der Waals surface area (Å²) in [5.74, 6) is -0.287. The van der Waals surface area contributed by atoms with Crippen LogP contribution in [0.2, 0.25) is 0 Å². The molecule has 0 aromatic heterocycles. The van der Waals surface area contributed by atoms with Gasteiger partial charge >= 0.3 is 5.97 Å². The van der Waals surface area contributed by atoms with Crippen molar-refractivity contribution in [3.05, 3.63) is 41.0 Å². The molecule has 17 heavy (non-hydrogen) atoms. The van der Waals surface area contributed by atoms with Crippen molar-refractivity contribution in [2.75, 3.05) is 13.7 Å². The summed E-state index contributed by atoms with van der Waals surface area (Å²) in [6.45, 7) is 4.21. The van der Waals surface area contributed by atoms with Crippen LogP contribution in [-0.2, 0) is 22.6 Å². The Balaban J connectivity index is 2.09. The molecule has 0 saturated heterocycles. The fourth-order valence-corrected chi connectivity index (χ4v) is 2.04. The van der Waals surface area contributed by atoms with E-state index in [4.69, 9.17) is 4.74 Å². The summed E-state index contributed by atoms with van der Waals surface area (Å²) in [4.78, 5) is 13.5. The molecule has 0 unspecified atom stereocenters. The standard InChI is InChI=1S/C14H17NO2/c1-3-17-14(16)7-5-11-4-6-12-9-15(2)10-13(12)8-11/h4-8H,3,9-10H2,1-2H3. The zero-order chi connectivity index (χ0) is 12.3. The number of ether oxygens (including phenoxy) is 1.